The van der Waals surface area contributed by atoms with Crippen LogP contribution in [-0.4, -0.2) is 17.0 Å². The lowest BCUT2D eigenvalue weighted by atomic mass is 9.90. The van der Waals surface area contributed by atoms with Crippen LogP contribution in [0, 0.1) is 6.92 Å². The van der Waals surface area contributed by atoms with E-state index in [9.17, 15) is 4.79 Å². The van der Waals surface area contributed by atoms with Gasteiger partial charge >= 0.3 is 0 Å². The van der Waals surface area contributed by atoms with E-state index in [-0.39, 0.29) is 11.8 Å². The number of carbonyl (C=O) groups is 1. The highest BCUT2D eigenvalue weighted by Gasteiger charge is 2.22. The molecule has 1 amide bonds. The Morgan fingerprint density at radius 1 is 0.857 bits per heavy atom. The van der Waals surface area contributed by atoms with Gasteiger partial charge in [-0.1, -0.05) is 78.9 Å². The first-order chi connectivity index (χ1) is 13.7. The molecule has 3 nitrogen and oxygen atoms in total. The Labute approximate surface area is 165 Å². The highest BCUT2D eigenvalue weighted by Crippen LogP contribution is 2.25. The monoisotopic (exact) mass is 368 g/mol. The van der Waals surface area contributed by atoms with Crippen molar-refractivity contribution in [3.63, 3.8) is 0 Å². The molecule has 0 radical (unpaired) electrons. The molecule has 0 aliphatic heterocycles. The summed E-state index contributed by atoms with van der Waals surface area (Å²) < 4.78 is 2.26. The van der Waals surface area contributed by atoms with E-state index in [1.165, 1.54) is 16.6 Å². The second kappa shape index (κ2) is 8.13. The summed E-state index contributed by atoms with van der Waals surface area (Å²) in [6.07, 6.45) is 0. The Morgan fingerprint density at radius 3 is 2.07 bits per heavy atom. The number of carbonyl (C=O) groups excluding carboxylic acids is 1. The molecule has 0 saturated heterocycles. The summed E-state index contributed by atoms with van der Waals surface area (Å²) in [4.78, 5) is 13.1. The maximum atomic E-state index is 13.1. The SMILES string of the molecule is Cc1cc2ccccc2n1CCNC(=O)C(c1ccccc1)c1ccccc1. The zero-order valence-electron chi connectivity index (χ0n) is 16.0. The first kappa shape index (κ1) is 18.1. The van der Waals surface area contributed by atoms with Gasteiger partial charge in [-0.2, -0.15) is 0 Å². The van der Waals surface area contributed by atoms with Gasteiger partial charge in [0.25, 0.3) is 0 Å². The maximum absolute atomic E-state index is 13.1. The second-order valence-electron chi connectivity index (χ2n) is 7.04. The normalized spacial score (nSPS) is 11.1. The van der Waals surface area contributed by atoms with Gasteiger partial charge in [0.05, 0.1) is 5.92 Å². The van der Waals surface area contributed by atoms with Crippen molar-refractivity contribution in [3.8, 4) is 0 Å². The summed E-state index contributed by atoms with van der Waals surface area (Å²) in [7, 11) is 0. The topological polar surface area (TPSA) is 34.0 Å². The van der Waals surface area contributed by atoms with Crippen molar-refractivity contribution in [2.24, 2.45) is 0 Å². The predicted octanol–water partition coefficient (Wildman–Crippen LogP) is 4.90. The molecule has 0 atom stereocenters. The highest BCUT2D eigenvalue weighted by molar-refractivity contribution is 5.87. The molecule has 0 bridgehead atoms. The molecule has 1 N–H and O–H groups in total. The number of aromatic nitrogens is 1. The molecule has 4 rings (SSSR count). The minimum atomic E-state index is -0.301. The molecule has 0 unspecified atom stereocenters. The average molecular weight is 368 g/mol. The Balaban J connectivity index is 1.51. The Bertz CT molecular complexity index is 1030. The smallest absolute Gasteiger partial charge is 0.232 e. The van der Waals surface area contributed by atoms with Gasteiger partial charge in [0.2, 0.25) is 5.91 Å². The second-order valence-corrected chi connectivity index (χ2v) is 7.04. The van der Waals surface area contributed by atoms with Crippen molar-refractivity contribution >= 4 is 16.8 Å². The van der Waals surface area contributed by atoms with Crippen LogP contribution in [0.4, 0.5) is 0 Å². The van der Waals surface area contributed by atoms with Gasteiger partial charge in [-0.15, -0.1) is 0 Å². The van der Waals surface area contributed by atoms with E-state index in [1.54, 1.807) is 0 Å². The molecule has 0 spiro atoms. The zero-order chi connectivity index (χ0) is 19.3. The van der Waals surface area contributed by atoms with Gasteiger partial charge < -0.3 is 9.88 Å². The minimum absolute atomic E-state index is 0.0338. The van der Waals surface area contributed by atoms with Crippen molar-refractivity contribution in [2.45, 2.75) is 19.4 Å². The number of rotatable bonds is 6. The van der Waals surface area contributed by atoms with E-state index in [0.29, 0.717) is 6.54 Å². The number of nitrogens with one attached hydrogen (secondary N) is 1. The summed E-state index contributed by atoms with van der Waals surface area (Å²) in [5.74, 6) is -0.267. The van der Waals surface area contributed by atoms with Crippen LogP contribution in [0.2, 0.25) is 0 Å². The Morgan fingerprint density at radius 2 is 1.43 bits per heavy atom. The van der Waals surface area contributed by atoms with Crippen LogP contribution in [0.5, 0.6) is 0 Å². The zero-order valence-corrected chi connectivity index (χ0v) is 16.0. The van der Waals surface area contributed by atoms with Gasteiger partial charge in [-0.25, -0.2) is 0 Å². The molecule has 3 aromatic carbocycles. The molecule has 1 aromatic heterocycles. The number of benzene rings is 3. The van der Waals surface area contributed by atoms with Crippen molar-refractivity contribution in [2.75, 3.05) is 6.54 Å². The quantitative estimate of drug-likeness (QED) is 0.516. The van der Waals surface area contributed by atoms with E-state index in [4.69, 9.17) is 0 Å². The first-order valence-electron chi connectivity index (χ1n) is 9.66. The highest BCUT2D eigenvalue weighted by atomic mass is 16.1. The number of amides is 1. The van der Waals surface area contributed by atoms with Crippen LogP contribution >= 0.6 is 0 Å². The van der Waals surface area contributed by atoms with Gasteiger partial charge in [0.1, 0.15) is 0 Å². The minimum Gasteiger partial charge on any atom is -0.353 e. The molecular formula is C25H24N2O. The lowest BCUT2D eigenvalue weighted by Crippen LogP contribution is -2.32. The van der Waals surface area contributed by atoms with Crippen molar-refractivity contribution < 1.29 is 4.79 Å². The average Bonchev–Trinajstić information content (AvgIpc) is 3.05. The summed E-state index contributed by atoms with van der Waals surface area (Å²) in [6.45, 7) is 3.45. The van der Waals surface area contributed by atoms with Crippen LogP contribution in [-0.2, 0) is 11.3 Å². The van der Waals surface area contributed by atoms with E-state index in [0.717, 1.165) is 17.7 Å². The van der Waals surface area contributed by atoms with Crippen LogP contribution in [0.15, 0.2) is 91.0 Å². The fourth-order valence-electron chi connectivity index (χ4n) is 3.82. The van der Waals surface area contributed by atoms with Crippen molar-refractivity contribution in [3.05, 3.63) is 108 Å². The molecule has 28 heavy (non-hydrogen) atoms. The standard InChI is InChI=1S/C25H24N2O/c1-19-18-22-14-8-9-15-23(22)27(19)17-16-26-25(28)24(20-10-4-2-5-11-20)21-12-6-3-7-13-21/h2-15,18,24H,16-17H2,1H3,(H,26,28). The number of nitrogens with zero attached hydrogens (tertiary/aromatic N) is 1. The van der Waals surface area contributed by atoms with Crippen LogP contribution in [0.1, 0.15) is 22.7 Å². The Hall–Kier alpha value is -3.33. The molecule has 4 aromatic rings. The molecule has 0 aliphatic rings. The van der Waals surface area contributed by atoms with Gasteiger partial charge in [0.15, 0.2) is 0 Å². The third-order valence-corrected chi connectivity index (χ3v) is 5.18. The first-order valence-corrected chi connectivity index (χ1v) is 9.66. The summed E-state index contributed by atoms with van der Waals surface area (Å²) in [6, 6.07) is 30.5. The molecular weight excluding hydrogens is 344 g/mol. The van der Waals surface area contributed by atoms with Crippen molar-refractivity contribution in [1.82, 2.24) is 9.88 Å². The lowest BCUT2D eigenvalue weighted by Gasteiger charge is -2.18. The number of para-hydroxylation sites is 1. The third kappa shape index (κ3) is 3.70. The van der Waals surface area contributed by atoms with Crippen LogP contribution in [0.3, 0.4) is 0 Å². The largest absolute Gasteiger partial charge is 0.353 e. The van der Waals surface area contributed by atoms with E-state index < -0.39 is 0 Å². The number of aryl methyl sites for hydroxylation is 1. The summed E-state index contributed by atoms with van der Waals surface area (Å²) in [5.41, 5.74) is 4.43. The van der Waals surface area contributed by atoms with E-state index in [1.807, 2.05) is 60.7 Å². The van der Waals surface area contributed by atoms with Gasteiger partial charge in [-0.05, 0) is 35.6 Å². The van der Waals surface area contributed by atoms with Gasteiger partial charge in [0, 0.05) is 24.3 Å². The third-order valence-electron chi connectivity index (χ3n) is 5.18. The number of hydrogen-bond acceptors (Lipinski definition) is 1. The van der Waals surface area contributed by atoms with Crippen LogP contribution < -0.4 is 5.32 Å². The molecule has 3 heteroatoms. The Kier molecular flexibility index (Phi) is 5.24. The molecule has 0 aliphatic carbocycles. The fraction of sp³-hybridized carbons (Fsp3) is 0.160. The lowest BCUT2D eigenvalue weighted by molar-refractivity contribution is -0.121. The fourth-order valence-corrected chi connectivity index (χ4v) is 3.82. The van der Waals surface area contributed by atoms with E-state index >= 15 is 0 Å². The number of fused-ring (bicyclic) bond motifs is 1. The van der Waals surface area contributed by atoms with Gasteiger partial charge in [-0.3, -0.25) is 4.79 Å². The molecule has 1 heterocycles. The van der Waals surface area contributed by atoms with E-state index in [2.05, 4.69) is 47.1 Å². The summed E-state index contributed by atoms with van der Waals surface area (Å²) >= 11 is 0. The number of hydrogen-bond donors (Lipinski definition) is 1. The summed E-state index contributed by atoms with van der Waals surface area (Å²) in [5, 5.41) is 4.38. The molecule has 140 valence electrons. The predicted molar refractivity (Wildman–Crippen MR) is 114 cm³/mol. The van der Waals surface area contributed by atoms with Crippen LogP contribution in [0.25, 0.3) is 10.9 Å². The maximum Gasteiger partial charge on any atom is 0.232 e. The molecule has 0 fully saturated rings. The molecule has 0 saturated carbocycles. The van der Waals surface area contributed by atoms with Crippen molar-refractivity contribution in [1.29, 1.82) is 0 Å².